The predicted octanol–water partition coefficient (Wildman–Crippen LogP) is 2.79. The summed E-state index contributed by atoms with van der Waals surface area (Å²) in [5.74, 6) is 4.22. The average Bonchev–Trinajstić information content (AvgIpc) is 2.42. The van der Waals surface area contributed by atoms with E-state index in [2.05, 4.69) is 35.5 Å². The van der Waals surface area contributed by atoms with Crippen LogP contribution in [0.15, 0.2) is 0 Å². The molecule has 0 atom stereocenters. The van der Waals surface area contributed by atoms with Gasteiger partial charge in [-0.1, -0.05) is 20.8 Å². The Morgan fingerprint density at radius 2 is 1.93 bits per heavy atom. The number of hydrogen-bond donors (Lipinski definition) is 0. The van der Waals surface area contributed by atoms with Crippen LogP contribution in [0.4, 0.5) is 0 Å². The molecule has 4 heteroatoms. The van der Waals surface area contributed by atoms with Crippen LogP contribution in [-0.2, 0) is 12.8 Å². The van der Waals surface area contributed by atoms with Crippen LogP contribution in [0.5, 0.6) is 0 Å². The maximum absolute atomic E-state index is 4.14. The number of aromatic nitrogens is 3. The molecule has 3 nitrogen and oxygen atoms in total. The fraction of sp³-hybridized carbons (Fsp3) is 0.818. The zero-order chi connectivity index (χ0) is 11.5. The molecular formula is C11H21N3S. The third-order valence-electron chi connectivity index (χ3n) is 2.41. The Labute approximate surface area is 96.7 Å². The normalized spacial score (nSPS) is 12.1. The maximum Gasteiger partial charge on any atom is 0.142 e. The molecule has 0 aliphatic carbocycles. The molecule has 0 fully saturated rings. The van der Waals surface area contributed by atoms with Gasteiger partial charge < -0.3 is 4.57 Å². The van der Waals surface area contributed by atoms with Crippen molar-refractivity contribution < 1.29 is 0 Å². The first-order chi connectivity index (χ1) is 6.90. The fourth-order valence-corrected chi connectivity index (χ4v) is 2.45. The third-order valence-corrected chi connectivity index (χ3v) is 3.37. The first-order valence-electron chi connectivity index (χ1n) is 5.33. The van der Waals surface area contributed by atoms with Gasteiger partial charge in [-0.2, -0.15) is 11.8 Å². The van der Waals surface area contributed by atoms with Crippen LogP contribution in [0, 0.1) is 12.3 Å². The lowest BCUT2D eigenvalue weighted by Gasteiger charge is -2.17. The van der Waals surface area contributed by atoms with Crippen LogP contribution in [0.25, 0.3) is 0 Å². The quantitative estimate of drug-likeness (QED) is 0.741. The van der Waals surface area contributed by atoms with Crippen molar-refractivity contribution in [1.82, 2.24) is 14.8 Å². The van der Waals surface area contributed by atoms with Gasteiger partial charge in [0.15, 0.2) is 0 Å². The van der Waals surface area contributed by atoms with E-state index < -0.39 is 0 Å². The maximum atomic E-state index is 4.14. The molecule has 86 valence electrons. The van der Waals surface area contributed by atoms with Gasteiger partial charge >= 0.3 is 0 Å². The summed E-state index contributed by atoms with van der Waals surface area (Å²) in [5.41, 5.74) is 0.433. The topological polar surface area (TPSA) is 30.7 Å². The number of nitrogens with zero attached hydrogens (tertiary/aromatic N) is 3. The minimum Gasteiger partial charge on any atom is -0.318 e. The molecule has 0 saturated carbocycles. The molecule has 15 heavy (non-hydrogen) atoms. The second-order valence-electron chi connectivity index (χ2n) is 5.09. The highest BCUT2D eigenvalue weighted by atomic mass is 32.2. The highest BCUT2D eigenvalue weighted by Crippen LogP contribution is 2.22. The van der Waals surface area contributed by atoms with Crippen molar-refractivity contribution in [3.05, 3.63) is 11.6 Å². The molecule has 1 aromatic heterocycles. The molecule has 0 bridgehead atoms. The number of hydrogen-bond acceptors (Lipinski definition) is 3. The standard InChI is InChI=1S/C11H21N3S/c1-9-12-13-10(14(9)5)8-15-7-6-11(2,3)4/h6-8H2,1-5H3. The third kappa shape index (κ3) is 4.24. The Morgan fingerprint density at radius 3 is 2.40 bits per heavy atom. The van der Waals surface area contributed by atoms with Crippen molar-refractivity contribution in [2.45, 2.75) is 39.9 Å². The summed E-state index contributed by atoms with van der Waals surface area (Å²) in [4.78, 5) is 0. The zero-order valence-electron chi connectivity index (χ0n) is 10.4. The minimum atomic E-state index is 0.433. The van der Waals surface area contributed by atoms with E-state index in [1.807, 2.05) is 25.7 Å². The van der Waals surface area contributed by atoms with Crippen LogP contribution < -0.4 is 0 Å². The molecule has 1 heterocycles. The molecule has 0 N–H and O–H groups in total. The number of thioether (sulfide) groups is 1. The van der Waals surface area contributed by atoms with Crippen molar-refractivity contribution in [1.29, 1.82) is 0 Å². The van der Waals surface area contributed by atoms with E-state index in [1.165, 1.54) is 12.2 Å². The molecule has 0 aromatic carbocycles. The summed E-state index contributed by atoms with van der Waals surface area (Å²) in [5, 5.41) is 8.18. The van der Waals surface area contributed by atoms with Crippen LogP contribution in [-0.4, -0.2) is 20.5 Å². The SMILES string of the molecule is Cc1nnc(CSCCC(C)(C)C)n1C. The van der Waals surface area contributed by atoms with Gasteiger partial charge in [-0.25, -0.2) is 0 Å². The molecular weight excluding hydrogens is 206 g/mol. The highest BCUT2D eigenvalue weighted by molar-refractivity contribution is 7.98. The molecule has 0 aliphatic rings. The van der Waals surface area contributed by atoms with Crippen molar-refractivity contribution in [2.24, 2.45) is 12.5 Å². The van der Waals surface area contributed by atoms with Crippen molar-refractivity contribution in [3.63, 3.8) is 0 Å². The van der Waals surface area contributed by atoms with E-state index in [-0.39, 0.29) is 0 Å². The second-order valence-corrected chi connectivity index (χ2v) is 6.19. The summed E-state index contributed by atoms with van der Waals surface area (Å²) in [6.07, 6.45) is 1.24. The number of aryl methyl sites for hydroxylation is 1. The predicted molar refractivity (Wildman–Crippen MR) is 66.0 cm³/mol. The lowest BCUT2D eigenvalue weighted by Crippen LogP contribution is -2.06. The van der Waals surface area contributed by atoms with Gasteiger partial charge in [0.2, 0.25) is 0 Å². The average molecular weight is 227 g/mol. The summed E-state index contributed by atoms with van der Waals surface area (Å²) in [7, 11) is 2.02. The summed E-state index contributed by atoms with van der Waals surface area (Å²) in [6.45, 7) is 8.82. The second kappa shape index (κ2) is 5.01. The molecule has 0 unspecified atom stereocenters. The van der Waals surface area contributed by atoms with E-state index in [4.69, 9.17) is 0 Å². The fourth-order valence-electron chi connectivity index (χ4n) is 1.12. The molecule has 0 radical (unpaired) electrons. The van der Waals surface area contributed by atoms with Crippen LogP contribution >= 0.6 is 11.8 Å². The van der Waals surface area contributed by atoms with Crippen LogP contribution in [0.2, 0.25) is 0 Å². The van der Waals surface area contributed by atoms with Gasteiger partial charge in [-0.3, -0.25) is 0 Å². The Morgan fingerprint density at radius 1 is 1.27 bits per heavy atom. The molecule has 0 aliphatic heterocycles. The Kier molecular flexibility index (Phi) is 4.20. The van der Waals surface area contributed by atoms with Crippen molar-refractivity contribution >= 4 is 11.8 Å². The van der Waals surface area contributed by atoms with Gasteiger partial charge in [0.25, 0.3) is 0 Å². The zero-order valence-corrected chi connectivity index (χ0v) is 11.2. The number of rotatable bonds is 4. The molecule has 0 spiro atoms. The minimum absolute atomic E-state index is 0.433. The summed E-state index contributed by atoms with van der Waals surface area (Å²) >= 11 is 1.94. The lowest BCUT2D eigenvalue weighted by atomic mass is 9.94. The van der Waals surface area contributed by atoms with Gasteiger partial charge in [-0.05, 0) is 24.5 Å². The van der Waals surface area contributed by atoms with Crippen LogP contribution in [0.3, 0.4) is 0 Å². The molecule has 1 rings (SSSR count). The first kappa shape index (κ1) is 12.6. The van der Waals surface area contributed by atoms with E-state index in [9.17, 15) is 0 Å². The monoisotopic (exact) mass is 227 g/mol. The van der Waals surface area contributed by atoms with Gasteiger partial charge in [0.1, 0.15) is 11.6 Å². The van der Waals surface area contributed by atoms with Gasteiger partial charge in [-0.15, -0.1) is 10.2 Å². The molecule has 0 saturated heterocycles. The van der Waals surface area contributed by atoms with E-state index in [1.54, 1.807) is 0 Å². The largest absolute Gasteiger partial charge is 0.318 e. The van der Waals surface area contributed by atoms with Crippen molar-refractivity contribution in [3.8, 4) is 0 Å². The lowest BCUT2D eigenvalue weighted by molar-refractivity contribution is 0.401. The molecule has 1 aromatic rings. The van der Waals surface area contributed by atoms with Crippen molar-refractivity contribution in [2.75, 3.05) is 5.75 Å². The van der Waals surface area contributed by atoms with E-state index in [0.29, 0.717) is 5.41 Å². The van der Waals surface area contributed by atoms with E-state index >= 15 is 0 Å². The smallest absolute Gasteiger partial charge is 0.142 e. The van der Waals surface area contributed by atoms with Crippen LogP contribution in [0.1, 0.15) is 38.8 Å². The summed E-state index contributed by atoms with van der Waals surface area (Å²) in [6, 6.07) is 0. The first-order valence-corrected chi connectivity index (χ1v) is 6.48. The Hall–Kier alpha value is -0.510. The van der Waals surface area contributed by atoms with E-state index in [0.717, 1.165) is 17.4 Å². The Balaban J connectivity index is 2.30. The van der Waals surface area contributed by atoms with Gasteiger partial charge in [0, 0.05) is 7.05 Å². The highest BCUT2D eigenvalue weighted by Gasteiger charge is 2.10. The van der Waals surface area contributed by atoms with Gasteiger partial charge in [0.05, 0.1) is 5.75 Å². The Bertz CT molecular complexity index is 312. The molecule has 0 amide bonds. The summed E-state index contributed by atoms with van der Waals surface area (Å²) < 4.78 is 2.06.